The minimum atomic E-state index is 0.215. The molecule has 14 heavy (non-hydrogen) atoms. The van der Waals surface area contributed by atoms with Crippen LogP contribution < -0.4 is 0 Å². The molecule has 0 saturated carbocycles. The number of Topliss-reactive ketones (excluding diaryl/α,β-unsaturated/α-hetero) is 1. The second-order valence-electron chi connectivity index (χ2n) is 3.64. The fraction of sp³-hybridized carbons (Fsp3) is 0.364. The van der Waals surface area contributed by atoms with Gasteiger partial charge in [0.25, 0.3) is 0 Å². The van der Waals surface area contributed by atoms with Gasteiger partial charge in [-0.3, -0.25) is 0 Å². The van der Waals surface area contributed by atoms with Crippen molar-refractivity contribution in [2.24, 2.45) is 0 Å². The van der Waals surface area contributed by atoms with E-state index in [1.165, 1.54) is 4.90 Å². The molecule has 1 aliphatic heterocycles. The Morgan fingerprint density at radius 3 is 3.14 bits per heavy atom. The first-order valence-electron chi connectivity index (χ1n) is 4.62. The van der Waals surface area contributed by atoms with Gasteiger partial charge in [0.2, 0.25) is 0 Å². The topological polar surface area (TPSA) is 37.3 Å². The maximum absolute atomic E-state index is 11.0. The summed E-state index contributed by atoms with van der Waals surface area (Å²) in [6.45, 7) is 1.62. The third-order valence-corrected chi connectivity index (χ3v) is 3.66. The van der Waals surface area contributed by atoms with E-state index in [9.17, 15) is 9.90 Å². The van der Waals surface area contributed by atoms with Gasteiger partial charge >= 0.3 is 0 Å². The molecule has 0 saturated heterocycles. The predicted molar refractivity (Wildman–Crippen MR) is 56.9 cm³/mol. The number of phenolic OH excluding ortho intramolecular Hbond substituents is 1. The van der Waals surface area contributed by atoms with Gasteiger partial charge in [0.1, 0.15) is 11.5 Å². The van der Waals surface area contributed by atoms with Crippen LogP contribution in [0.2, 0.25) is 0 Å². The van der Waals surface area contributed by atoms with Crippen LogP contribution >= 0.6 is 11.8 Å². The molecule has 0 amide bonds. The Balaban J connectivity index is 2.28. The van der Waals surface area contributed by atoms with Crippen molar-refractivity contribution in [2.45, 2.75) is 24.2 Å². The first-order valence-corrected chi connectivity index (χ1v) is 5.60. The van der Waals surface area contributed by atoms with Gasteiger partial charge < -0.3 is 9.90 Å². The summed E-state index contributed by atoms with van der Waals surface area (Å²) in [5.74, 6) is 1.75. The zero-order valence-electron chi connectivity index (χ0n) is 7.99. The molecular formula is C11H12O2S. The van der Waals surface area contributed by atoms with Crippen molar-refractivity contribution < 1.29 is 9.90 Å². The largest absolute Gasteiger partial charge is 0.508 e. The number of carbonyl (C=O) groups is 1. The highest BCUT2D eigenvalue weighted by molar-refractivity contribution is 7.99. The number of hydrogen-bond acceptors (Lipinski definition) is 3. The van der Waals surface area contributed by atoms with Crippen LogP contribution in [0.4, 0.5) is 0 Å². The SMILES string of the molecule is CC(=O)CC1CSc2ccc(O)cc21. The molecule has 3 heteroatoms. The molecule has 0 bridgehead atoms. The quantitative estimate of drug-likeness (QED) is 0.811. The highest BCUT2D eigenvalue weighted by Crippen LogP contribution is 2.42. The van der Waals surface area contributed by atoms with Crippen molar-refractivity contribution in [1.82, 2.24) is 0 Å². The van der Waals surface area contributed by atoms with E-state index in [2.05, 4.69) is 0 Å². The van der Waals surface area contributed by atoms with Crippen molar-refractivity contribution in [1.29, 1.82) is 0 Å². The molecule has 0 aliphatic carbocycles. The molecule has 0 fully saturated rings. The lowest BCUT2D eigenvalue weighted by Crippen LogP contribution is -2.02. The Kier molecular flexibility index (Phi) is 2.50. The van der Waals surface area contributed by atoms with E-state index < -0.39 is 0 Å². The molecule has 1 unspecified atom stereocenters. The summed E-state index contributed by atoms with van der Waals surface area (Å²) in [7, 11) is 0. The number of benzene rings is 1. The van der Waals surface area contributed by atoms with E-state index in [0.29, 0.717) is 18.1 Å². The molecule has 1 N–H and O–H groups in total. The van der Waals surface area contributed by atoms with E-state index >= 15 is 0 Å². The smallest absolute Gasteiger partial charge is 0.130 e. The molecular weight excluding hydrogens is 196 g/mol. The molecule has 1 atom stereocenters. The average Bonchev–Trinajstić information content (AvgIpc) is 2.47. The van der Waals surface area contributed by atoms with Crippen LogP contribution in [0.3, 0.4) is 0 Å². The Morgan fingerprint density at radius 2 is 2.43 bits per heavy atom. The molecule has 2 nitrogen and oxygen atoms in total. The lowest BCUT2D eigenvalue weighted by Gasteiger charge is -2.07. The summed E-state index contributed by atoms with van der Waals surface area (Å²) >= 11 is 1.76. The van der Waals surface area contributed by atoms with Gasteiger partial charge in [-0.25, -0.2) is 0 Å². The van der Waals surface area contributed by atoms with Gasteiger partial charge in [0.05, 0.1) is 0 Å². The van der Waals surface area contributed by atoms with Crippen molar-refractivity contribution >= 4 is 17.5 Å². The van der Waals surface area contributed by atoms with E-state index in [1.54, 1.807) is 30.8 Å². The molecule has 1 aromatic carbocycles. The number of ketones is 1. The van der Waals surface area contributed by atoms with Crippen LogP contribution in [0.1, 0.15) is 24.8 Å². The van der Waals surface area contributed by atoms with Crippen molar-refractivity contribution in [3.8, 4) is 5.75 Å². The second-order valence-corrected chi connectivity index (χ2v) is 4.70. The average molecular weight is 208 g/mol. The van der Waals surface area contributed by atoms with Crippen LogP contribution in [-0.2, 0) is 4.79 Å². The zero-order chi connectivity index (χ0) is 10.1. The summed E-state index contributed by atoms with van der Waals surface area (Å²) in [5.41, 5.74) is 1.13. The lowest BCUT2D eigenvalue weighted by atomic mass is 9.96. The highest BCUT2D eigenvalue weighted by Gasteiger charge is 2.24. The maximum Gasteiger partial charge on any atom is 0.130 e. The number of rotatable bonds is 2. The fourth-order valence-electron chi connectivity index (χ4n) is 1.78. The Hall–Kier alpha value is -0.960. The zero-order valence-corrected chi connectivity index (χ0v) is 8.80. The van der Waals surface area contributed by atoms with Gasteiger partial charge in [-0.15, -0.1) is 11.8 Å². The van der Waals surface area contributed by atoms with Crippen LogP contribution in [0.5, 0.6) is 5.75 Å². The molecule has 0 radical (unpaired) electrons. The Labute approximate surface area is 87.3 Å². The highest BCUT2D eigenvalue weighted by atomic mass is 32.2. The van der Waals surface area contributed by atoms with Crippen LogP contribution in [0, 0.1) is 0 Å². The van der Waals surface area contributed by atoms with Gasteiger partial charge in [-0.1, -0.05) is 0 Å². The van der Waals surface area contributed by atoms with E-state index in [0.717, 1.165) is 11.3 Å². The van der Waals surface area contributed by atoms with E-state index in [-0.39, 0.29) is 5.78 Å². The normalized spacial score (nSPS) is 19.4. The van der Waals surface area contributed by atoms with Crippen LogP contribution in [-0.4, -0.2) is 16.6 Å². The van der Waals surface area contributed by atoms with Gasteiger partial charge in [-0.2, -0.15) is 0 Å². The van der Waals surface area contributed by atoms with Gasteiger partial charge in [-0.05, 0) is 30.7 Å². The molecule has 1 aliphatic rings. The number of carbonyl (C=O) groups excluding carboxylic acids is 1. The maximum atomic E-state index is 11.0. The molecule has 74 valence electrons. The summed E-state index contributed by atoms with van der Waals surface area (Å²) in [5, 5.41) is 9.35. The second kappa shape index (κ2) is 3.65. The van der Waals surface area contributed by atoms with Crippen LogP contribution in [0.15, 0.2) is 23.1 Å². The monoisotopic (exact) mass is 208 g/mol. The Bertz CT molecular complexity index is 374. The summed E-state index contributed by atoms with van der Waals surface area (Å²) in [6, 6.07) is 5.40. The van der Waals surface area contributed by atoms with E-state index in [4.69, 9.17) is 0 Å². The molecule has 2 rings (SSSR count). The molecule has 1 heterocycles. The fourth-order valence-corrected chi connectivity index (χ4v) is 3.02. The first kappa shape index (κ1) is 9.59. The number of thioether (sulfide) groups is 1. The number of aromatic hydroxyl groups is 1. The lowest BCUT2D eigenvalue weighted by molar-refractivity contribution is -0.117. The summed E-state index contributed by atoms with van der Waals surface area (Å²) in [6.07, 6.45) is 0.587. The number of hydrogen-bond donors (Lipinski definition) is 1. The number of fused-ring (bicyclic) bond motifs is 1. The first-order chi connectivity index (χ1) is 6.66. The minimum absolute atomic E-state index is 0.215. The van der Waals surface area contributed by atoms with Gasteiger partial charge in [0.15, 0.2) is 0 Å². The van der Waals surface area contributed by atoms with Crippen molar-refractivity contribution in [3.63, 3.8) is 0 Å². The minimum Gasteiger partial charge on any atom is -0.508 e. The third-order valence-electron chi connectivity index (χ3n) is 2.41. The van der Waals surface area contributed by atoms with E-state index in [1.807, 2.05) is 6.07 Å². The predicted octanol–water partition coefficient (Wildman–Crippen LogP) is 2.56. The third kappa shape index (κ3) is 1.77. The molecule has 0 spiro atoms. The van der Waals surface area contributed by atoms with Crippen molar-refractivity contribution in [3.05, 3.63) is 23.8 Å². The summed E-state index contributed by atoms with van der Waals surface area (Å²) < 4.78 is 0. The summed E-state index contributed by atoms with van der Waals surface area (Å²) in [4.78, 5) is 12.2. The van der Waals surface area contributed by atoms with Gasteiger partial charge in [0, 0.05) is 23.0 Å². The standard InChI is InChI=1S/C11H12O2S/c1-7(12)4-8-6-14-11-3-2-9(13)5-10(8)11/h2-3,5,8,13H,4,6H2,1H3. The van der Waals surface area contributed by atoms with Crippen LogP contribution in [0.25, 0.3) is 0 Å². The number of phenols is 1. The Morgan fingerprint density at radius 1 is 1.64 bits per heavy atom. The van der Waals surface area contributed by atoms with Crippen molar-refractivity contribution in [2.75, 3.05) is 5.75 Å². The molecule has 1 aromatic rings. The molecule has 0 aromatic heterocycles.